The van der Waals surface area contributed by atoms with Gasteiger partial charge in [0.15, 0.2) is 0 Å². The van der Waals surface area contributed by atoms with Gasteiger partial charge in [-0.1, -0.05) is 6.07 Å². The molecule has 3 aromatic heterocycles. The summed E-state index contributed by atoms with van der Waals surface area (Å²) in [6, 6.07) is 8.68. The molecule has 0 N–H and O–H groups in total. The highest BCUT2D eigenvalue weighted by Gasteiger charge is 2.32. The zero-order valence-corrected chi connectivity index (χ0v) is 16.2. The van der Waals surface area contributed by atoms with Crippen molar-refractivity contribution < 1.29 is 4.79 Å². The van der Waals surface area contributed by atoms with E-state index in [-0.39, 0.29) is 11.9 Å². The number of carbonyl (C=O) groups is 1. The van der Waals surface area contributed by atoms with Crippen LogP contribution in [0, 0.1) is 13.8 Å². The first-order chi connectivity index (χ1) is 12.1. The van der Waals surface area contributed by atoms with E-state index in [0.717, 1.165) is 42.9 Å². The lowest BCUT2D eigenvalue weighted by atomic mass is 10.1. The molecule has 1 fully saturated rings. The summed E-state index contributed by atoms with van der Waals surface area (Å²) in [7, 11) is 0. The van der Waals surface area contributed by atoms with Crippen molar-refractivity contribution in [3.8, 4) is 0 Å². The first-order valence-corrected chi connectivity index (χ1v) is 10.5. The standard InChI is InChI=1S/C20H22N2OS2/c1-14-11-18(15(2)22(14)12-17-5-4-9-25-17)20(23)21-8-3-6-19(21)16-7-10-24-13-16/h4-5,7,9-11,13,19H,3,6,8,12H2,1-2H3. The highest BCUT2D eigenvalue weighted by Crippen LogP contribution is 2.35. The lowest BCUT2D eigenvalue weighted by molar-refractivity contribution is 0.0735. The Morgan fingerprint density at radius 1 is 1.28 bits per heavy atom. The quantitative estimate of drug-likeness (QED) is 0.615. The van der Waals surface area contributed by atoms with Crippen molar-refractivity contribution in [3.05, 3.63) is 67.8 Å². The number of nitrogens with zero attached hydrogens (tertiary/aromatic N) is 2. The third-order valence-electron chi connectivity index (χ3n) is 5.14. The van der Waals surface area contributed by atoms with Gasteiger partial charge in [-0.05, 0) is 66.6 Å². The third kappa shape index (κ3) is 3.07. The predicted molar refractivity (Wildman–Crippen MR) is 105 cm³/mol. The van der Waals surface area contributed by atoms with E-state index in [1.807, 2.05) is 0 Å². The second-order valence-corrected chi connectivity index (χ2v) is 8.48. The van der Waals surface area contributed by atoms with Gasteiger partial charge in [0, 0.05) is 22.8 Å². The Morgan fingerprint density at radius 3 is 2.88 bits per heavy atom. The zero-order chi connectivity index (χ0) is 17.4. The molecule has 0 aliphatic carbocycles. The van der Waals surface area contributed by atoms with Crippen LogP contribution in [0.4, 0.5) is 0 Å². The molecule has 0 aromatic carbocycles. The Balaban J connectivity index is 1.62. The molecule has 1 amide bonds. The average molecular weight is 371 g/mol. The molecule has 5 heteroatoms. The van der Waals surface area contributed by atoms with Crippen molar-refractivity contribution in [2.75, 3.05) is 6.54 Å². The van der Waals surface area contributed by atoms with Crippen LogP contribution in [0.1, 0.15) is 51.1 Å². The number of rotatable bonds is 4. The number of aromatic nitrogens is 1. The summed E-state index contributed by atoms with van der Waals surface area (Å²) < 4.78 is 2.26. The van der Waals surface area contributed by atoms with Crippen LogP contribution in [0.25, 0.3) is 0 Å². The summed E-state index contributed by atoms with van der Waals surface area (Å²) in [6.45, 7) is 5.87. The topological polar surface area (TPSA) is 25.2 Å². The van der Waals surface area contributed by atoms with Gasteiger partial charge in [-0.2, -0.15) is 11.3 Å². The number of aryl methyl sites for hydroxylation is 1. The summed E-state index contributed by atoms with van der Waals surface area (Å²) in [5.41, 5.74) is 4.37. The maximum atomic E-state index is 13.3. The van der Waals surface area contributed by atoms with Gasteiger partial charge in [0.2, 0.25) is 0 Å². The smallest absolute Gasteiger partial charge is 0.256 e. The molecule has 0 spiro atoms. The SMILES string of the molecule is Cc1cc(C(=O)N2CCCC2c2ccsc2)c(C)n1Cc1cccs1. The van der Waals surface area contributed by atoms with E-state index in [4.69, 9.17) is 0 Å². The van der Waals surface area contributed by atoms with Crippen LogP contribution in [0.3, 0.4) is 0 Å². The van der Waals surface area contributed by atoms with Gasteiger partial charge in [0.25, 0.3) is 5.91 Å². The lowest BCUT2D eigenvalue weighted by Gasteiger charge is -2.24. The number of amides is 1. The Morgan fingerprint density at radius 2 is 2.16 bits per heavy atom. The number of thiophene rings is 2. The molecular formula is C20H22N2OS2. The highest BCUT2D eigenvalue weighted by atomic mass is 32.1. The van der Waals surface area contributed by atoms with E-state index < -0.39 is 0 Å². The summed E-state index contributed by atoms with van der Waals surface area (Å²) >= 11 is 3.47. The van der Waals surface area contributed by atoms with Crippen LogP contribution >= 0.6 is 22.7 Å². The fraction of sp³-hybridized carbons (Fsp3) is 0.350. The first kappa shape index (κ1) is 16.6. The molecule has 1 saturated heterocycles. The van der Waals surface area contributed by atoms with Gasteiger partial charge in [-0.25, -0.2) is 0 Å². The van der Waals surface area contributed by atoms with Gasteiger partial charge < -0.3 is 9.47 Å². The normalized spacial score (nSPS) is 17.4. The maximum Gasteiger partial charge on any atom is 0.256 e. The Kier molecular flexibility index (Phi) is 4.52. The fourth-order valence-corrected chi connectivity index (χ4v) is 5.19. The van der Waals surface area contributed by atoms with Crippen LogP contribution in [-0.2, 0) is 6.54 Å². The number of carbonyl (C=O) groups excluding carboxylic acids is 1. The molecule has 0 radical (unpaired) electrons. The molecule has 1 atom stereocenters. The third-order valence-corrected chi connectivity index (χ3v) is 6.70. The average Bonchev–Trinajstić information content (AvgIpc) is 3.37. The lowest BCUT2D eigenvalue weighted by Crippen LogP contribution is -2.30. The molecule has 0 saturated carbocycles. The highest BCUT2D eigenvalue weighted by molar-refractivity contribution is 7.09. The summed E-state index contributed by atoms with van der Waals surface area (Å²) in [6.07, 6.45) is 2.15. The summed E-state index contributed by atoms with van der Waals surface area (Å²) in [5.74, 6) is 0.180. The summed E-state index contributed by atoms with van der Waals surface area (Å²) in [4.78, 5) is 16.6. The summed E-state index contributed by atoms with van der Waals surface area (Å²) in [5, 5.41) is 6.38. The van der Waals surface area contributed by atoms with E-state index in [1.165, 1.54) is 10.4 Å². The Labute approximate surface area is 156 Å². The largest absolute Gasteiger partial charge is 0.343 e. The van der Waals surface area contributed by atoms with Crippen molar-refractivity contribution >= 4 is 28.6 Å². The second kappa shape index (κ2) is 6.81. The van der Waals surface area contributed by atoms with Crippen LogP contribution in [0.5, 0.6) is 0 Å². The van der Waals surface area contributed by atoms with E-state index in [0.29, 0.717) is 0 Å². The number of hydrogen-bond donors (Lipinski definition) is 0. The molecule has 1 unspecified atom stereocenters. The van der Waals surface area contributed by atoms with Gasteiger partial charge in [0.1, 0.15) is 0 Å². The molecule has 3 nitrogen and oxygen atoms in total. The first-order valence-electron chi connectivity index (χ1n) is 8.67. The van der Waals surface area contributed by atoms with Crippen LogP contribution in [-0.4, -0.2) is 21.9 Å². The molecule has 4 heterocycles. The van der Waals surface area contributed by atoms with E-state index in [2.05, 4.69) is 63.7 Å². The molecule has 130 valence electrons. The van der Waals surface area contributed by atoms with Crippen LogP contribution in [0.15, 0.2) is 40.4 Å². The minimum Gasteiger partial charge on any atom is -0.343 e. The minimum absolute atomic E-state index is 0.180. The van der Waals surface area contributed by atoms with Crippen molar-refractivity contribution in [2.45, 2.75) is 39.3 Å². The van der Waals surface area contributed by atoms with Gasteiger partial charge in [-0.15, -0.1) is 11.3 Å². The number of hydrogen-bond acceptors (Lipinski definition) is 3. The fourth-order valence-electron chi connectivity index (χ4n) is 3.80. The molecular weight excluding hydrogens is 348 g/mol. The Bertz CT molecular complexity index is 862. The van der Waals surface area contributed by atoms with E-state index in [1.54, 1.807) is 22.7 Å². The van der Waals surface area contributed by atoms with Crippen LogP contribution in [0.2, 0.25) is 0 Å². The maximum absolute atomic E-state index is 13.3. The molecule has 25 heavy (non-hydrogen) atoms. The monoisotopic (exact) mass is 370 g/mol. The second-order valence-electron chi connectivity index (χ2n) is 6.66. The van der Waals surface area contributed by atoms with Crippen LogP contribution < -0.4 is 0 Å². The van der Waals surface area contributed by atoms with Crippen molar-refractivity contribution in [1.82, 2.24) is 9.47 Å². The molecule has 3 aromatic rings. The van der Waals surface area contributed by atoms with Crippen molar-refractivity contribution in [3.63, 3.8) is 0 Å². The molecule has 1 aliphatic heterocycles. The van der Waals surface area contributed by atoms with Crippen molar-refractivity contribution in [1.29, 1.82) is 0 Å². The molecule has 0 bridgehead atoms. The molecule has 1 aliphatic rings. The zero-order valence-electron chi connectivity index (χ0n) is 14.6. The number of likely N-dealkylation sites (tertiary alicyclic amines) is 1. The Hall–Kier alpha value is -1.85. The predicted octanol–water partition coefficient (Wildman–Crippen LogP) is 5.25. The van der Waals surface area contributed by atoms with Crippen molar-refractivity contribution in [2.24, 2.45) is 0 Å². The van der Waals surface area contributed by atoms with Gasteiger partial charge >= 0.3 is 0 Å². The molecule has 4 rings (SSSR count). The van der Waals surface area contributed by atoms with Gasteiger partial charge in [0.05, 0.1) is 18.2 Å². The van der Waals surface area contributed by atoms with E-state index >= 15 is 0 Å². The van der Waals surface area contributed by atoms with Gasteiger partial charge in [-0.3, -0.25) is 4.79 Å². The van der Waals surface area contributed by atoms with E-state index in [9.17, 15) is 4.79 Å². The minimum atomic E-state index is 0.180.